The molecule has 3 heterocycles. The van der Waals surface area contributed by atoms with Crippen LogP contribution in [-0.4, -0.2) is 46.9 Å². The van der Waals surface area contributed by atoms with Gasteiger partial charge >= 0.3 is 6.03 Å². The smallest absolute Gasteiger partial charge is 0.332 e. The van der Waals surface area contributed by atoms with E-state index in [1.165, 1.54) is 11.3 Å². The minimum Gasteiger partial charge on any atom is -0.497 e. The average Bonchev–Trinajstić information content (AvgIpc) is 3.50. The molecule has 2 atom stereocenters. The van der Waals surface area contributed by atoms with E-state index in [0.717, 1.165) is 59.2 Å². The molecule has 2 fully saturated rings. The second-order valence-electron chi connectivity index (χ2n) is 11.2. The van der Waals surface area contributed by atoms with Crippen molar-refractivity contribution in [3.05, 3.63) is 95.2 Å². The van der Waals surface area contributed by atoms with E-state index in [1.807, 2.05) is 42.5 Å². The van der Waals surface area contributed by atoms with Crippen molar-refractivity contribution in [1.29, 1.82) is 0 Å². The Bertz CT molecular complexity index is 1640. The van der Waals surface area contributed by atoms with E-state index in [2.05, 4.69) is 16.4 Å². The molecule has 4 aromatic rings. The molecule has 3 aromatic carbocycles. The molecule has 1 saturated heterocycles. The maximum atomic E-state index is 14.1. The molecule has 1 saturated carbocycles. The number of H-pyrrole nitrogens is 1. The molecule has 0 bridgehead atoms. The third-order valence-electron chi connectivity index (χ3n) is 8.81. The third-order valence-corrected chi connectivity index (χ3v) is 8.81. The number of methoxy groups -OCH3 is 1. The number of benzene rings is 3. The van der Waals surface area contributed by atoms with E-state index in [0.29, 0.717) is 17.7 Å². The summed E-state index contributed by atoms with van der Waals surface area (Å²) in [4.78, 5) is 47.4. The molecular weight excluding hydrogens is 516 g/mol. The van der Waals surface area contributed by atoms with Gasteiger partial charge in [-0.2, -0.15) is 0 Å². The number of ether oxygens (including phenoxy) is 1. The summed E-state index contributed by atoms with van der Waals surface area (Å²) in [6.07, 6.45) is 5.93. The number of hydrogen-bond donors (Lipinski definition) is 2. The van der Waals surface area contributed by atoms with E-state index >= 15 is 0 Å². The average molecular weight is 549 g/mol. The lowest BCUT2D eigenvalue weighted by Crippen LogP contribution is -2.44. The number of nitrogens with zero attached hydrogens (tertiary/aromatic N) is 2. The minimum absolute atomic E-state index is 0.120. The van der Waals surface area contributed by atoms with Crippen LogP contribution in [0.1, 0.15) is 65.3 Å². The maximum Gasteiger partial charge on any atom is 0.332 e. The number of fused-ring (bicyclic) bond motifs is 4. The third kappa shape index (κ3) is 4.25. The normalized spacial score (nSPS) is 20.7. The summed E-state index contributed by atoms with van der Waals surface area (Å²) in [6, 6.07) is 21.2. The Morgan fingerprint density at radius 2 is 1.66 bits per heavy atom. The highest BCUT2D eigenvalue weighted by atomic mass is 16.5. The van der Waals surface area contributed by atoms with E-state index < -0.39 is 12.1 Å². The van der Waals surface area contributed by atoms with Crippen LogP contribution in [0.15, 0.2) is 72.8 Å². The molecule has 208 valence electrons. The first kappa shape index (κ1) is 25.4. The lowest BCUT2D eigenvalue weighted by Gasteiger charge is -2.36. The number of amides is 4. The largest absolute Gasteiger partial charge is 0.497 e. The van der Waals surface area contributed by atoms with Gasteiger partial charge in [-0.25, -0.2) is 9.69 Å². The van der Waals surface area contributed by atoms with Gasteiger partial charge in [0.2, 0.25) is 0 Å². The zero-order valence-corrected chi connectivity index (χ0v) is 22.9. The first-order valence-corrected chi connectivity index (χ1v) is 14.3. The summed E-state index contributed by atoms with van der Waals surface area (Å²) in [5, 5.41) is 4.19. The van der Waals surface area contributed by atoms with Crippen LogP contribution in [0.5, 0.6) is 5.75 Å². The van der Waals surface area contributed by atoms with Gasteiger partial charge in [0.1, 0.15) is 17.8 Å². The fourth-order valence-electron chi connectivity index (χ4n) is 6.72. The van der Waals surface area contributed by atoms with Gasteiger partial charge in [-0.05, 0) is 66.4 Å². The van der Waals surface area contributed by atoms with Crippen LogP contribution in [0.4, 0.5) is 10.5 Å². The van der Waals surface area contributed by atoms with Gasteiger partial charge in [0.15, 0.2) is 0 Å². The number of anilines is 1. The van der Waals surface area contributed by atoms with Crippen LogP contribution >= 0.6 is 0 Å². The summed E-state index contributed by atoms with van der Waals surface area (Å²) < 4.78 is 5.36. The summed E-state index contributed by atoms with van der Waals surface area (Å²) in [5.74, 6) is 0.338. The van der Waals surface area contributed by atoms with Crippen LogP contribution in [0.3, 0.4) is 0 Å². The molecule has 2 aliphatic heterocycles. The molecule has 0 unspecified atom stereocenters. The number of carbonyl (C=O) groups excluding carboxylic acids is 3. The van der Waals surface area contributed by atoms with Gasteiger partial charge < -0.3 is 15.0 Å². The summed E-state index contributed by atoms with van der Waals surface area (Å²) in [7, 11) is 1.62. The standard InChI is InChI=1S/C33H32N4O4/c1-41-24-17-13-20(14-18-24)30-29-26(25-9-5-6-10-27(25)35-29)19-28-32(39)36(33(40)37(28)30)23-15-11-21(12-16-23)31(38)34-22-7-3-2-4-8-22/h5-6,9-18,22,28,30,35H,2-4,7-8,19H2,1H3,(H,34,38)/t28-,30-/m0/s1. The number of imide groups is 1. The Morgan fingerprint density at radius 3 is 2.39 bits per heavy atom. The van der Waals surface area contributed by atoms with Crippen molar-refractivity contribution in [3.8, 4) is 5.75 Å². The van der Waals surface area contributed by atoms with Crippen LogP contribution in [0.2, 0.25) is 0 Å². The second-order valence-corrected chi connectivity index (χ2v) is 11.2. The molecule has 8 nitrogen and oxygen atoms in total. The number of nitrogens with one attached hydrogen (secondary N) is 2. The highest BCUT2D eigenvalue weighted by molar-refractivity contribution is 6.22. The maximum absolute atomic E-state index is 14.1. The number of urea groups is 1. The molecule has 3 aliphatic rings. The van der Waals surface area contributed by atoms with E-state index in [9.17, 15) is 14.4 Å². The molecule has 4 amide bonds. The molecule has 0 radical (unpaired) electrons. The van der Waals surface area contributed by atoms with Crippen molar-refractivity contribution in [2.24, 2.45) is 0 Å². The first-order valence-electron chi connectivity index (χ1n) is 14.3. The predicted molar refractivity (Wildman–Crippen MR) is 156 cm³/mol. The van der Waals surface area contributed by atoms with Gasteiger partial charge in [-0.3, -0.25) is 14.5 Å². The van der Waals surface area contributed by atoms with Crippen LogP contribution in [0.25, 0.3) is 10.9 Å². The Kier molecular flexibility index (Phi) is 6.26. The van der Waals surface area contributed by atoms with Crippen molar-refractivity contribution in [2.75, 3.05) is 12.0 Å². The number of aromatic amines is 1. The molecule has 2 N–H and O–H groups in total. The van der Waals surface area contributed by atoms with Gasteiger partial charge in [0.05, 0.1) is 12.8 Å². The summed E-state index contributed by atoms with van der Waals surface area (Å²) in [5.41, 5.74) is 4.84. The molecular formula is C33H32N4O4. The Balaban J connectivity index is 1.22. The van der Waals surface area contributed by atoms with Crippen molar-refractivity contribution < 1.29 is 19.1 Å². The van der Waals surface area contributed by atoms with Crippen LogP contribution < -0.4 is 15.0 Å². The minimum atomic E-state index is -0.643. The van der Waals surface area contributed by atoms with Gasteiger partial charge in [-0.15, -0.1) is 0 Å². The number of carbonyl (C=O) groups is 3. The fourth-order valence-corrected chi connectivity index (χ4v) is 6.72. The Hall–Kier alpha value is -4.59. The van der Waals surface area contributed by atoms with Crippen molar-refractivity contribution in [1.82, 2.24) is 15.2 Å². The molecule has 41 heavy (non-hydrogen) atoms. The highest BCUT2D eigenvalue weighted by Gasteiger charge is 2.53. The van der Waals surface area contributed by atoms with Crippen molar-refractivity contribution in [3.63, 3.8) is 0 Å². The number of para-hydroxylation sites is 1. The SMILES string of the molecule is COc1ccc([C@H]2c3[nH]c4ccccc4c3C[C@H]3C(=O)N(c4ccc(C(=O)NC5CCCCC5)cc4)C(=O)N23)cc1. The van der Waals surface area contributed by atoms with Crippen molar-refractivity contribution in [2.45, 2.75) is 56.7 Å². The first-order chi connectivity index (χ1) is 20.0. The molecule has 8 heteroatoms. The van der Waals surface area contributed by atoms with Gasteiger partial charge in [-0.1, -0.05) is 49.6 Å². The zero-order chi connectivity index (χ0) is 28.1. The summed E-state index contributed by atoms with van der Waals surface area (Å²) in [6.45, 7) is 0. The Labute approximate surface area is 238 Å². The van der Waals surface area contributed by atoms with Crippen LogP contribution in [-0.2, 0) is 11.2 Å². The lowest BCUT2D eigenvalue weighted by molar-refractivity contribution is -0.120. The van der Waals surface area contributed by atoms with E-state index in [1.54, 1.807) is 36.3 Å². The van der Waals surface area contributed by atoms with Gasteiger partial charge in [0, 0.05) is 34.6 Å². The van der Waals surface area contributed by atoms with Gasteiger partial charge in [0.25, 0.3) is 11.8 Å². The molecule has 1 aliphatic carbocycles. The highest BCUT2D eigenvalue weighted by Crippen LogP contribution is 2.45. The Morgan fingerprint density at radius 1 is 0.927 bits per heavy atom. The van der Waals surface area contributed by atoms with Crippen LogP contribution in [0, 0.1) is 0 Å². The quantitative estimate of drug-likeness (QED) is 0.312. The number of hydrogen-bond acceptors (Lipinski definition) is 4. The lowest BCUT2D eigenvalue weighted by atomic mass is 9.89. The predicted octanol–water partition coefficient (Wildman–Crippen LogP) is 5.72. The summed E-state index contributed by atoms with van der Waals surface area (Å²) >= 11 is 0. The van der Waals surface area contributed by atoms with Crippen molar-refractivity contribution >= 4 is 34.4 Å². The zero-order valence-electron chi connectivity index (χ0n) is 22.9. The monoisotopic (exact) mass is 548 g/mol. The van der Waals surface area contributed by atoms with E-state index in [4.69, 9.17) is 4.74 Å². The number of rotatable bonds is 5. The molecule has 1 aromatic heterocycles. The topological polar surface area (TPSA) is 94.7 Å². The fraction of sp³-hybridized carbons (Fsp3) is 0.303. The van der Waals surface area contributed by atoms with E-state index in [-0.39, 0.29) is 23.9 Å². The second kappa shape index (κ2) is 10.1. The number of aromatic nitrogens is 1. The molecule has 0 spiro atoms. The molecule has 7 rings (SSSR count).